The second kappa shape index (κ2) is 4.50. The highest BCUT2D eigenvalue weighted by Gasteiger charge is 2.28. The van der Waals surface area contributed by atoms with E-state index in [0.29, 0.717) is 11.6 Å². The molecule has 0 radical (unpaired) electrons. The molecule has 6 heteroatoms. The third-order valence-electron chi connectivity index (χ3n) is 3.05. The van der Waals surface area contributed by atoms with Crippen molar-refractivity contribution in [2.45, 2.75) is 6.42 Å². The maximum absolute atomic E-state index is 12.1. The van der Waals surface area contributed by atoms with Gasteiger partial charge in [0.25, 0.3) is 5.91 Å². The molecule has 0 saturated heterocycles. The van der Waals surface area contributed by atoms with Crippen LogP contribution in [0.4, 0.5) is 5.13 Å². The number of hydrogen-bond acceptors (Lipinski definition) is 5. The molecule has 0 atom stereocenters. The van der Waals surface area contributed by atoms with Crippen molar-refractivity contribution in [1.82, 2.24) is 4.98 Å². The minimum Gasteiger partial charge on any atom is -0.272 e. The van der Waals surface area contributed by atoms with Gasteiger partial charge in [0.1, 0.15) is 0 Å². The predicted molar refractivity (Wildman–Crippen MR) is 82.6 cm³/mol. The summed E-state index contributed by atoms with van der Waals surface area (Å²) in [5, 5.41) is 8.50. The monoisotopic (exact) mass is 299 g/mol. The molecule has 4 rings (SSSR count). The van der Waals surface area contributed by atoms with Gasteiger partial charge in [-0.05, 0) is 23.6 Å². The molecule has 0 aliphatic carbocycles. The Morgan fingerprint density at radius 2 is 2.05 bits per heavy atom. The number of para-hydroxylation sites is 1. The summed E-state index contributed by atoms with van der Waals surface area (Å²) in [6.07, 6.45) is 0.344. The number of thiophene rings is 1. The maximum atomic E-state index is 12.1. The Bertz CT molecular complexity index is 787. The third kappa shape index (κ3) is 1.85. The van der Waals surface area contributed by atoms with E-state index in [0.717, 1.165) is 20.8 Å². The lowest BCUT2D eigenvalue weighted by molar-refractivity contribution is -0.116. The Balaban J connectivity index is 1.76. The summed E-state index contributed by atoms with van der Waals surface area (Å²) in [5.74, 6) is -0.0209. The Kier molecular flexibility index (Phi) is 2.64. The second-order valence-corrected chi connectivity index (χ2v) is 6.33. The summed E-state index contributed by atoms with van der Waals surface area (Å²) < 4.78 is 1.06. The smallest absolute Gasteiger partial charge is 0.255 e. The number of thiazole rings is 1. The van der Waals surface area contributed by atoms with Crippen LogP contribution in [0.15, 0.2) is 46.9 Å². The lowest BCUT2D eigenvalue weighted by Crippen LogP contribution is -2.19. The lowest BCUT2D eigenvalue weighted by atomic mass is 10.2. The highest BCUT2D eigenvalue weighted by Crippen LogP contribution is 2.31. The fraction of sp³-hybridized carbons (Fsp3) is 0.0714. The van der Waals surface area contributed by atoms with Gasteiger partial charge >= 0.3 is 0 Å². The molecule has 1 aliphatic rings. The highest BCUT2D eigenvalue weighted by atomic mass is 32.1. The van der Waals surface area contributed by atoms with Gasteiger partial charge in [-0.1, -0.05) is 29.5 Å². The SMILES string of the molecule is O=C1CC(c2cccs2)=NN1c1nc2ccccc2s1. The first-order chi connectivity index (χ1) is 9.81. The fourth-order valence-corrected chi connectivity index (χ4v) is 3.75. The summed E-state index contributed by atoms with van der Waals surface area (Å²) in [5.41, 5.74) is 1.73. The summed E-state index contributed by atoms with van der Waals surface area (Å²) in [6, 6.07) is 11.8. The summed E-state index contributed by atoms with van der Waals surface area (Å²) >= 11 is 3.09. The summed E-state index contributed by atoms with van der Waals surface area (Å²) in [7, 11) is 0. The molecule has 2 aromatic heterocycles. The highest BCUT2D eigenvalue weighted by molar-refractivity contribution is 7.22. The molecule has 0 saturated carbocycles. The molecule has 0 spiro atoms. The van der Waals surface area contributed by atoms with Gasteiger partial charge in [-0.25, -0.2) is 4.98 Å². The molecule has 0 N–H and O–H groups in total. The van der Waals surface area contributed by atoms with Gasteiger partial charge in [0, 0.05) is 0 Å². The van der Waals surface area contributed by atoms with Crippen LogP contribution in [0.5, 0.6) is 0 Å². The molecule has 1 aromatic carbocycles. The molecule has 20 heavy (non-hydrogen) atoms. The van der Waals surface area contributed by atoms with Crippen LogP contribution in [-0.4, -0.2) is 16.6 Å². The van der Waals surface area contributed by atoms with Crippen molar-refractivity contribution in [3.63, 3.8) is 0 Å². The van der Waals surface area contributed by atoms with Crippen molar-refractivity contribution in [2.24, 2.45) is 5.10 Å². The van der Waals surface area contributed by atoms with Crippen LogP contribution in [0.3, 0.4) is 0 Å². The summed E-state index contributed by atoms with van der Waals surface area (Å²) in [6.45, 7) is 0. The number of aromatic nitrogens is 1. The van der Waals surface area contributed by atoms with Gasteiger partial charge in [0.05, 0.1) is 27.2 Å². The van der Waals surface area contributed by atoms with Gasteiger partial charge < -0.3 is 0 Å². The maximum Gasteiger partial charge on any atom is 0.255 e. The van der Waals surface area contributed by atoms with Crippen LogP contribution in [0.25, 0.3) is 10.2 Å². The van der Waals surface area contributed by atoms with Crippen LogP contribution in [0.2, 0.25) is 0 Å². The molecule has 1 aliphatic heterocycles. The molecular weight excluding hydrogens is 290 g/mol. The first kappa shape index (κ1) is 11.7. The second-order valence-electron chi connectivity index (χ2n) is 4.37. The first-order valence-corrected chi connectivity index (χ1v) is 7.81. The molecule has 4 nitrogen and oxygen atoms in total. The number of carbonyl (C=O) groups is 1. The van der Waals surface area contributed by atoms with Crippen molar-refractivity contribution in [2.75, 3.05) is 5.01 Å². The van der Waals surface area contributed by atoms with Crippen LogP contribution >= 0.6 is 22.7 Å². The number of amides is 1. The molecule has 98 valence electrons. The number of carbonyl (C=O) groups excluding carboxylic acids is 1. The van der Waals surface area contributed by atoms with E-state index in [1.807, 2.05) is 41.8 Å². The standard InChI is InChI=1S/C14H9N3OS2/c18-13-8-10(11-6-3-7-19-11)16-17(13)14-15-9-4-1-2-5-12(9)20-14/h1-7H,8H2. The minimum absolute atomic E-state index is 0.0209. The van der Waals surface area contributed by atoms with Crippen molar-refractivity contribution in [3.05, 3.63) is 46.7 Å². The zero-order valence-corrected chi connectivity index (χ0v) is 11.9. The third-order valence-corrected chi connectivity index (χ3v) is 4.98. The topological polar surface area (TPSA) is 45.6 Å². The number of benzene rings is 1. The van der Waals surface area contributed by atoms with Gasteiger partial charge in [0.15, 0.2) is 0 Å². The molecule has 0 fully saturated rings. The van der Waals surface area contributed by atoms with Crippen molar-refractivity contribution in [1.29, 1.82) is 0 Å². The molecule has 1 amide bonds. The van der Waals surface area contributed by atoms with Gasteiger partial charge in [-0.15, -0.1) is 11.3 Å². The van der Waals surface area contributed by atoms with E-state index in [-0.39, 0.29) is 5.91 Å². The van der Waals surface area contributed by atoms with E-state index in [2.05, 4.69) is 10.1 Å². The quantitative estimate of drug-likeness (QED) is 0.727. The molecular formula is C14H9N3OS2. The number of nitrogens with zero attached hydrogens (tertiary/aromatic N) is 3. The lowest BCUT2D eigenvalue weighted by Gasteiger charge is -2.05. The van der Waals surface area contributed by atoms with Crippen molar-refractivity contribution in [3.8, 4) is 0 Å². The van der Waals surface area contributed by atoms with E-state index in [1.54, 1.807) is 11.3 Å². The van der Waals surface area contributed by atoms with Crippen LogP contribution < -0.4 is 5.01 Å². The number of rotatable bonds is 2. The van der Waals surface area contributed by atoms with Crippen molar-refractivity contribution < 1.29 is 4.79 Å². The van der Waals surface area contributed by atoms with Gasteiger partial charge in [-0.2, -0.15) is 10.1 Å². The Hall–Kier alpha value is -2.05. The number of fused-ring (bicyclic) bond motifs is 1. The van der Waals surface area contributed by atoms with E-state index in [4.69, 9.17) is 0 Å². The Morgan fingerprint density at radius 1 is 1.15 bits per heavy atom. The molecule has 0 unspecified atom stereocenters. The van der Waals surface area contributed by atoms with Crippen molar-refractivity contribution >= 4 is 49.6 Å². The Morgan fingerprint density at radius 3 is 2.85 bits per heavy atom. The normalized spacial score (nSPS) is 15.1. The number of hydrazone groups is 1. The van der Waals surface area contributed by atoms with E-state index < -0.39 is 0 Å². The molecule has 0 bridgehead atoms. The number of hydrogen-bond donors (Lipinski definition) is 0. The molecule has 3 heterocycles. The van der Waals surface area contributed by atoms with Crippen LogP contribution in [0, 0.1) is 0 Å². The van der Waals surface area contributed by atoms with Gasteiger partial charge in [-0.3, -0.25) is 4.79 Å². The average molecular weight is 299 g/mol. The summed E-state index contributed by atoms with van der Waals surface area (Å²) in [4.78, 5) is 17.7. The van der Waals surface area contributed by atoms with E-state index in [1.165, 1.54) is 16.3 Å². The van der Waals surface area contributed by atoms with E-state index >= 15 is 0 Å². The van der Waals surface area contributed by atoms with Crippen LogP contribution in [-0.2, 0) is 4.79 Å². The zero-order chi connectivity index (χ0) is 13.5. The number of anilines is 1. The minimum atomic E-state index is -0.0209. The largest absolute Gasteiger partial charge is 0.272 e. The van der Waals surface area contributed by atoms with E-state index in [9.17, 15) is 4.79 Å². The average Bonchev–Trinajstić information content (AvgIpc) is 3.16. The Labute approximate surface area is 123 Å². The predicted octanol–water partition coefficient (Wildman–Crippen LogP) is 3.50. The van der Waals surface area contributed by atoms with Crippen LogP contribution in [0.1, 0.15) is 11.3 Å². The first-order valence-electron chi connectivity index (χ1n) is 6.11. The van der Waals surface area contributed by atoms with Gasteiger partial charge in [0.2, 0.25) is 5.13 Å². The fourth-order valence-electron chi connectivity index (χ4n) is 2.11. The molecule has 3 aromatic rings. The zero-order valence-electron chi connectivity index (χ0n) is 10.3.